The third-order valence-corrected chi connectivity index (χ3v) is 3.35. The van der Waals surface area contributed by atoms with Crippen LogP contribution in [0, 0.1) is 0 Å². The number of piperidine rings is 1. The van der Waals surface area contributed by atoms with E-state index in [0.29, 0.717) is 5.15 Å². The van der Waals surface area contributed by atoms with Gasteiger partial charge in [-0.3, -0.25) is 4.90 Å². The summed E-state index contributed by atoms with van der Waals surface area (Å²) in [4.78, 5) is 6.40. The summed E-state index contributed by atoms with van der Waals surface area (Å²) in [5, 5.41) is 10.4. The molecule has 2 rings (SSSR count). The molecule has 0 saturated carbocycles. The normalized spacial score (nSPS) is 20.9. The first-order chi connectivity index (χ1) is 7.55. The average Bonchev–Trinajstić information content (AvgIpc) is 2.24. The lowest BCUT2D eigenvalue weighted by molar-refractivity contribution is -0.00731. The van der Waals surface area contributed by atoms with Crippen molar-refractivity contribution in [2.75, 3.05) is 13.1 Å². The maximum absolute atomic E-state index is 9.84. The zero-order valence-electron chi connectivity index (χ0n) is 9.49. The summed E-state index contributed by atoms with van der Waals surface area (Å²) in [5.41, 5.74) is 0.695. The molecule has 0 unspecified atom stereocenters. The molecule has 16 heavy (non-hydrogen) atoms. The topological polar surface area (TPSA) is 36.4 Å². The van der Waals surface area contributed by atoms with E-state index in [4.69, 9.17) is 11.6 Å². The molecule has 1 aromatic heterocycles. The molecule has 0 aromatic carbocycles. The number of aromatic nitrogens is 1. The summed E-state index contributed by atoms with van der Waals surface area (Å²) in [6, 6.07) is 3.82. The molecule has 1 aliphatic rings. The van der Waals surface area contributed by atoms with Gasteiger partial charge in [-0.15, -0.1) is 0 Å². The van der Waals surface area contributed by atoms with Crippen molar-refractivity contribution in [3.05, 3.63) is 29.0 Å². The first-order valence-electron chi connectivity index (χ1n) is 5.60. The van der Waals surface area contributed by atoms with Crippen molar-refractivity contribution in [2.45, 2.75) is 31.9 Å². The van der Waals surface area contributed by atoms with E-state index in [1.165, 1.54) is 5.56 Å². The molecule has 0 spiro atoms. The minimum absolute atomic E-state index is 0.477. The summed E-state index contributed by atoms with van der Waals surface area (Å²) < 4.78 is 0. The zero-order valence-corrected chi connectivity index (χ0v) is 10.2. The summed E-state index contributed by atoms with van der Waals surface area (Å²) in [6.07, 6.45) is 3.50. The van der Waals surface area contributed by atoms with Crippen molar-refractivity contribution in [1.29, 1.82) is 0 Å². The number of likely N-dealkylation sites (tertiary alicyclic amines) is 1. The van der Waals surface area contributed by atoms with Gasteiger partial charge in [0, 0.05) is 25.8 Å². The van der Waals surface area contributed by atoms with Crippen LogP contribution in [0.4, 0.5) is 0 Å². The number of hydrogen-bond acceptors (Lipinski definition) is 3. The second-order valence-corrected chi connectivity index (χ2v) is 5.15. The highest BCUT2D eigenvalue weighted by atomic mass is 35.5. The van der Waals surface area contributed by atoms with Crippen LogP contribution in [0.5, 0.6) is 0 Å². The van der Waals surface area contributed by atoms with Gasteiger partial charge >= 0.3 is 0 Å². The van der Waals surface area contributed by atoms with Gasteiger partial charge in [-0.2, -0.15) is 0 Å². The molecule has 4 heteroatoms. The van der Waals surface area contributed by atoms with E-state index in [2.05, 4.69) is 9.88 Å². The molecule has 0 aliphatic carbocycles. The number of rotatable bonds is 2. The Morgan fingerprint density at radius 3 is 2.69 bits per heavy atom. The standard InChI is InChI=1S/C12H17ClN2O/c1-12(16)4-6-15(7-5-12)9-10-2-3-11(13)14-8-10/h2-3,8,16H,4-7,9H2,1H3. The summed E-state index contributed by atoms with van der Waals surface area (Å²) in [5.74, 6) is 0. The van der Waals surface area contributed by atoms with Crippen molar-refractivity contribution in [3.8, 4) is 0 Å². The number of pyridine rings is 1. The van der Waals surface area contributed by atoms with Crippen LogP contribution in [0.15, 0.2) is 18.3 Å². The first-order valence-corrected chi connectivity index (χ1v) is 5.98. The Bertz CT molecular complexity index is 341. The lowest BCUT2D eigenvalue weighted by atomic mass is 9.94. The van der Waals surface area contributed by atoms with Gasteiger partial charge in [-0.1, -0.05) is 17.7 Å². The van der Waals surface area contributed by atoms with Crippen molar-refractivity contribution in [3.63, 3.8) is 0 Å². The third-order valence-electron chi connectivity index (χ3n) is 3.13. The largest absolute Gasteiger partial charge is 0.390 e. The molecular weight excluding hydrogens is 224 g/mol. The van der Waals surface area contributed by atoms with Crippen LogP contribution in [0.25, 0.3) is 0 Å². The third kappa shape index (κ3) is 3.17. The van der Waals surface area contributed by atoms with Gasteiger partial charge in [-0.05, 0) is 31.4 Å². The van der Waals surface area contributed by atoms with E-state index in [9.17, 15) is 5.11 Å². The Hall–Kier alpha value is -0.640. The summed E-state index contributed by atoms with van der Waals surface area (Å²) in [7, 11) is 0. The molecule has 88 valence electrons. The smallest absolute Gasteiger partial charge is 0.129 e. The van der Waals surface area contributed by atoms with E-state index in [1.807, 2.05) is 25.3 Å². The highest BCUT2D eigenvalue weighted by Gasteiger charge is 2.26. The first kappa shape index (κ1) is 11.8. The molecule has 0 bridgehead atoms. The second-order valence-electron chi connectivity index (χ2n) is 4.76. The Morgan fingerprint density at radius 1 is 1.44 bits per heavy atom. The number of aliphatic hydroxyl groups is 1. The molecular formula is C12H17ClN2O. The van der Waals surface area contributed by atoms with Gasteiger partial charge in [0.05, 0.1) is 5.60 Å². The highest BCUT2D eigenvalue weighted by molar-refractivity contribution is 6.29. The fourth-order valence-corrected chi connectivity index (χ4v) is 2.06. The summed E-state index contributed by atoms with van der Waals surface area (Å²) in [6.45, 7) is 4.68. The van der Waals surface area contributed by atoms with E-state index >= 15 is 0 Å². The lowest BCUT2D eigenvalue weighted by Crippen LogP contribution is -2.41. The molecule has 2 heterocycles. The van der Waals surface area contributed by atoms with Crippen LogP contribution in [-0.2, 0) is 6.54 Å². The van der Waals surface area contributed by atoms with Crippen LogP contribution in [0.2, 0.25) is 5.15 Å². The molecule has 1 N–H and O–H groups in total. The number of halogens is 1. The maximum atomic E-state index is 9.84. The lowest BCUT2D eigenvalue weighted by Gasteiger charge is -2.35. The fourth-order valence-electron chi connectivity index (χ4n) is 1.95. The number of nitrogens with zero attached hydrogens (tertiary/aromatic N) is 2. The highest BCUT2D eigenvalue weighted by Crippen LogP contribution is 2.22. The molecule has 3 nitrogen and oxygen atoms in total. The predicted octanol–water partition coefficient (Wildman–Crippen LogP) is 2.08. The second kappa shape index (κ2) is 4.70. The van der Waals surface area contributed by atoms with Crippen molar-refractivity contribution in [2.24, 2.45) is 0 Å². The Balaban J connectivity index is 1.89. The van der Waals surface area contributed by atoms with E-state index < -0.39 is 5.60 Å². The van der Waals surface area contributed by atoms with Crippen molar-refractivity contribution >= 4 is 11.6 Å². The Labute approximate surface area is 101 Å². The van der Waals surface area contributed by atoms with Gasteiger partial charge in [0.25, 0.3) is 0 Å². The maximum Gasteiger partial charge on any atom is 0.129 e. The van der Waals surface area contributed by atoms with Crippen molar-refractivity contribution < 1.29 is 5.11 Å². The van der Waals surface area contributed by atoms with E-state index in [0.717, 1.165) is 32.5 Å². The van der Waals surface area contributed by atoms with Gasteiger partial charge in [0.1, 0.15) is 5.15 Å². The molecule has 0 radical (unpaired) electrons. The van der Waals surface area contributed by atoms with Crippen LogP contribution in [0.3, 0.4) is 0 Å². The molecule has 1 aliphatic heterocycles. The molecule has 0 atom stereocenters. The quantitative estimate of drug-likeness (QED) is 0.805. The number of hydrogen-bond donors (Lipinski definition) is 1. The average molecular weight is 241 g/mol. The van der Waals surface area contributed by atoms with Crippen LogP contribution in [0.1, 0.15) is 25.3 Å². The van der Waals surface area contributed by atoms with E-state index in [-0.39, 0.29) is 0 Å². The predicted molar refractivity (Wildman–Crippen MR) is 64.4 cm³/mol. The van der Waals surface area contributed by atoms with Gasteiger partial charge in [0.2, 0.25) is 0 Å². The van der Waals surface area contributed by atoms with Crippen LogP contribution < -0.4 is 0 Å². The monoisotopic (exact) mass is 240 g/mol. The van der Waals surface area contributed by atoms with Gasteiger partial charge in [0.15, 0.2) is 0 Å². The Morgan fingerprint density at radius 2 is 2.12 bits per heavy atom. The van der Waals surface area contributed by atoms with Gasteiger partial charge < -0.3 is 5.11 Å². The zero-order chi connectivity index (χ0) is 11.6. The molecule has 1 saturated heterocycles. The Kier molecular flexibility index (Phi) is 3.47. The molecule has 1 aromatic rings. The molecule has 1 fully saturated rings. The molecule has 0 amide bonds. The fraction of sp³-hybridized carbons (Fsp3) is 0.583. The minimum Gasteiger partial charge on any atom is -0.390 e. The van der Waals surface area contributed by atoms with Crippen molar-refractivity contribution in [1.82, 2.24) is 9.88 Å². The minimum atomic E-state index is -0.477. The van der Waals surface area contributed by atoms with E-state index in [1.54, 1.807) is 0 Å². The van der Waals surface area contributed by atoms with Crippen LogP contribution >= 0.6 is 11.6 Å². The summed E-state index contributed by atoms with van der Waals surface area (Å²) >= 11 is 5.73. The SMILES string of the molecule is CC1(O)CCN(Cc2ccc(Cl)nc2)CC1. The van der Waals surface area contributed by atoms with Gasteiger partial charge in [-0.25, -0.2) is 4.98 Å². The van der Waals surface area contributed by atoms with Crippen LogP contribution in [-0.4, -0.2) is 33.7 Å².